The summed E-state index contributed by atoms with van der Waals surface area (Å²) in [5.74, 6) is 0.720. The number of hydrogen-bond acceptors (Lipinski definition) is 4. The van der Waals surface area contributed by atoms with Crippen molar-refractivity contribution in [1.82, 2.24) is 10.3 Å². The fraction of sp³-hybridized carbons (Fsp3) is 0.200. The van der Waals surface area contributed by atoms with Gasteiger partial charge in [-0.2, -0.15) is 0 Å². The largest absolute Gasteiger partial charge is 0.455 e. The highest BCUT2D eigenvalue weighted by atomic mass is 16.5. The Hall–Kier alpha value is -2.40. The maximum atomic E-state index is 12.1. The molecule has 1 amide bonds. The number of carbonyl (C=O) groups is 1. The van der Waals surface area contributed by atoms with Crippen molar-refractivity contribution in [2.75, 3.05) is 6.61 Å². The van der Waals surface area contributed by atoms with Gasteiger partial charge in [0.05, 0.1) is 18.4 Å². The Labute approximate surface area is 117 Å². The number of benzene rings is 1. The van der Waals surface area contributed by atoms with Crippen LogP contribution in [0.3, 0.4) is 0 Å². The molecule has 1 aromatic carbocycles. The Morgan fingerprint density at radius 3 is 2.85 bits per heavy atom. The van der Waals surface area contributed by atoms with E-state index in [1.54, 1.807) is 55.7 Å². The van der Waals surface area contributed by atoms with E-state index in [-0.39, 0.29) is 18.6 Å². The molecule has 0 aliphatic rings. The molecular weight excluding hydrogens is 256 g/mol. The lowest BCUT2D eigenvalue weighted by molar-refractivity contribution is 0.0920. The molecule has 0 radical (unpaired) electrons. The SMILES string of the molecule is CC(CO)NC(=O)c1ccccc1Oc1cccnc1. The van der Waals surface area contributed by atoms with Crippen molar-refractivity contribution in [2.24, 2.45) is 0 Å². The van der Waals surface area contributed by atoms with Crippen LogP contribution >= 0.6 is 0 Å². The van der Waals surface area contributed by atoms with Gasteiger partial charge in [0.1, 0.15) is 11.5 Å². The number of rotatable bonds is 5. The Bertz CT molecular complexity index is 572. The summed E-state index contributed by atoms with van der Waals surface area (Å²) in [7, 11) is 0. The van der Waals surface area contributed by atoms with Crippen LogP contribution in [0.5, 0.6) is 11.5 Å². The predicted molar refractivity (Wildman–Crippen MR) is 74.8 cm³/mol. The van der Waals surface area contributed by atoms with Crippen molar-refractivity contribution >= 4 is 5.91 Å². The standard InChI is InChI=1S/C15H16N2O3/c1-11(10-18)17-15(19)13-6-2-3-7-14(13)20-12-5-4-8-16-9-12/h2-9,11,18H,10H2,1H3,(H,17,19). The summed E-state index contributed by atoms with van der Waals surface area (Å²) in [6, 6.07) is 10.1. The third-order valence-corrected chi connectivity index (χ3v) is 2.65. The summed E-state index contributed by atoms with van der Waals surface area (Å²) < 4.78 is 5.66. The van der Waals surface area contributed by atoms with Crippen molar-refractivity contribution in [3.63, 3.8) is 0 Å². The van der Waals surface area contributed by atoms with E-state index in [1.807, 2.05) is 0 Å². The zero-order chi connectivity index (χ0) is 14.4. The zero-order valence-electron chi connectivity index (χ0n) is 11.1. The minimum Gasteiger partial charge on any atom is -0.455 e. The van der Waals surface area contributed by atoms with Gasteiger partial charge in [0, 0.05) is 12.2 Å². The van der Waals surface area contributed by atoms with Gasteiger partial charge in [-0.1, -0.05) is 12.1 Å². The fourth-order valence-corrected chi connectivity index (χ4v) is 1.62. The first-order valence-corrected chi connectivity index (χ1v) is 6.29. The third kappa shape index (κ3) is 3.55. The Balaban J connectivity index is 2.20. The highest BCUT2D eigenvalue weighted by Crippen LogP contribution is 2.24. The second-order valence-corrected chi connectivity index (χ2v) is 4.34. The molecule has 1 atom stereocenters. The minimum atomic E-state index is -0.311. The van der Waals surface area contributed by atoms with Crippen LogP contribution in [-0.2, 0) is 0 Å². The number of amides is 1. The van der Waals surface area contributed by atoms with E-state index in [4.69, 9.17) is 9.84 Å². The van der Waals surface area contributed by atoms with Crippen LogP contribution in [0, 0.1) is 0 Å². The van der Waals surface area contributed by atoms with Crippen LogP contribution in [0.2, 0.25) is 0 Å². The lowest BCUT2D eigenvalue weighted by atomic mass is 10.1. The molecule has 1 heterocycles. The number of nitrogens with zero attached hydrogens (tertiary/aromatic N) is 1. The molecule has 20 heavy (non-hydrogen) atoms. The number of pyridine rings is 1. The Morgan fingerprint density at radius 2 is 2.15 bits per heavy atom. The normalized spacial score (nSPS) is 11.7. The first-order chi connectivity index (χ1) is 9.70. The molecular formula is C15H16N2O3. The average molecular weight is 272 g/mol. The summed E-state index contributed by atoms with van der Waals surface area (Å²) in [4.78, 5) is 16.1. The lowest BCUT2D eigenvalue weighted by Gasteiger charge is -2.14. The number of para-hydroxylation sites is 1. The third-order valence-electron chi connectivity index (χ3n) is 2.65. The summed E-state index contributed by atoms with van der Waals surface area (Å²) >= 11 is 0. The van der Waals surface area contributed by atoms with E-state index in [0.29, 0.717) is 17.1 Å². The molecule has 0 aliphatic heterocycles. The second-order valence-electron chi connectivity index (χ2n) is 4.34. The van der Waals surface area contributed by atoms with Gasteiger partial charge >= 0.3 is 0 Å². The molecule has 0 fully saturated rings. The summed E-state index contributed by atoms with van der Waals surface area (Å²) in [6.07, 6.45) is 3.22. The van der Waals surface area contributed by atoms with Crippen molar-refractivity contribution in [2.45, 2.75) is 13.0 Å². The van der Waals surface area contributed by atoms with Gasteiger partial charge in [0.15, 0.2) is 0 Å². The molecule has 2 aromatic rings. The summed E-state index contributed by atoms with van der Waals surface area (Å²) in [5, 5.41) is 11.7. The molecule has 0 saturated heterocycles. The molecule has 0 bridgehead atoms. The quantitative estimate of drug-likeness (QED) is 0.873. The van der Waals surface area contributed by atoms with Gasteiger partial charge in [0.25, 0.3) is 5.91 Å². The smallest absolute Gasteiger partial charge is 0.255 e. The van der Waals surface area contributed by atoms with Gasteiger partial charge in [-0.05, 0) is 31.2 Å². The van der Waals surface area contributed by atoms with E-state index in [1.165, 1.54) is 0 Å². The molecule has 2 N–H and O–H groups in total. The van der Waals surface area contributed by atoms with Crippen LogP contribution in [0.15, 0.2) is 48.8 Å². The van der Waals surface area contributed by atoms with Gasteiger partial charge in [-0.15, -0.1) is 0 Å². The molecule has 1 aromatic heterocycles. The Morgan fingerprint density at radius 1 is 1.35 bits per heavy atom. The van der Waals surface area contributed by atoms with Gasteiger partial charge < -0.3 is 15.2 Å². The van der Waals surface area contributed by atoms with E-state index < -0.39 is 0 Å². The first-order valence-electron chi connectivity index (χ1n) is 6.29. The van der Waals surface area contributed by atoms with Crippen LogP contribution < -0.4 is 10.1 Å². The summed E-state index contributed by atoms with van der Waals surface area (Å²) in [6.45, 7) is 1.61. The lowest BCUT2D eigenvalue weighted by Crippen LogP contribution is -2.35. The summed E-state index contributed by atoms with van der Waals surface area (Å²) in [5.41, 5.74) is 0.414. The molecule has 104 valence electrons. The van der Waals surface area contributed by atoms with Gasteiger partial charge in [-0.3, -0.25) is 9.78 Å². The maximum Gasteiger partial charge on any atom is 0.255 e. The molecule has 5 heteroatoms. The van der Waals surface area contributed by atoms with Gasteiger partial charge in [0.2, 0.25) is 0 Å². The van der Waals surface area contributed by atoms with Gasteiger partial charge in [-0.25, -0.2) is 0 Å². The first kappa shape index (κ1) is 14.0. The highest BCUT2D eigenvalue weighted by molar-refractivity contribution is 5.97. The molecule has 1 unspecified atom stereocenters. The van der Waals surface area contributed by atoms with E-state index >= 15 is 0 Å². The highest BCUT2D eigenvalue weighted by Gasteiger charge is 2.14. The molecule has 0 saturated carbocycles. The van der Waals surface area contributed by atoms with E-state index in [9.17, 15) is 4.79 Å². The number of carbonyl (C=O) groups excluding carboxylic acids is 1. The molecule has 0 aliphatic carbocycles. The topological polar surface area (TPSA) is 71.5 Å². The number of aliphatic hydroxyl groups excluding tert-OH is 1. The average Bonchev–Trinajstić information content (AvgIpc) is 2.48. The minimum absolute atomic E-state index is 0.114. The van der Waals surface area contributed by atoms with Crippen LogP contribution in [-0.4, -0.2) is 28.6 Å². The van der Waals surface area contributed by atoms with Crippen LogP contribution in [0.4, 0.5) is 0 Å². The van der Waals surface area contributed by atoms with Crippen LogP contribution in [0.1, 0.15) is 17.3 Å². The van der Waals surface area contributed by atoms with Crippen molar-refractivity contribution < 1.29 is 14.6 Å². The predicted octanol–water partition coefficient (Wildman–Crippen LogP) is 1.98. The maximum absolute atomic E-state index is 12.1. The van der Waals surface area contributed by atoms with Crippen LogP contribution in [0.25, 0.3) is 0 Å². The Kier molecular flexibility index (Phi) is 4.68. The number of aliphatic hydroxyl groups is 1. The molecule has 2 rings (SSSR count). The van der Waals surface area contributed by atoms with E-state index in [2.05, 4.69) is 10.3 Å². The number of hydrogen-bond donors (Lipinski definition) is 2. The number of ether oxygens (including phenoxy) is 1. The molecule has 0 spiro atoms. The van der Waals surface area contributed by atoms with Crippen molar-refractivity contribution in [1.29, 1.82) is 0 Å². The van der Waals surface area contributed by atoms with Crippen molar-refractivity contribution in [3.8, 4) is 11.5 Å². The molecule has 5 nitrogen and oxygen atoms in total. The number of aromatic nitrogens is 1. The second kappa shape index (κ2) is 6.68. The van der Waals surface area contributed by atoms with Crippen molar-refractivity contribution in [3.05, 3.63) is 54.4 Å². The fourth-order valence-electron chi connectivity index (χ4n) is 1.62. The van der Waals surface area contributed by atoms with E-state index in [0.717, 1.165) is 0 Å². The number of nitrogens with one attached hydrogen (secondary N) is 1. The zero-order valence-corrected chi connectivity index (χ0v) is 11.1. The monoisotopic (exact) mass is 272 g/mol.